The summed E-state index contributed by atoms with van der Waals surface area (Å²) in [5.74, 6) is -0.374. The minimum Gasteiger partial charge on any atom is -0.406 e. The Labute approximate surface area is 134 Å². The van der Waals surface area contributed by atoms with E-state index in [4.69, 9.17) is 4.84 Å². The van der Waals surface area contributed by atoms with Crippen LogP contribution in [-0.2, 0) is 11.4 Å². The van der Waals surface area contributed by atoms with E-state index in [1.54, 1.807) is 0 Å². The van der Waals surface area contributed by atoms with Gasteiger partial charge in [0.1, 0.15) is 18.6 Å². The van der Waals surface area contributed by atoms with Gasteiger partial charge in [0, 0.05) is 11.1 Å². The third-order valence-corrected chi connectivity index (χ3v) is 2.74. The van der Waals surface area contributed by atoms with E-state index in [0.29, 0.717) is 11.1 Å². The molecule has 1 radical (unpaired) electrons. The number of nitrogens with zero attached hydrogens (tertiary/aromatic N) is 1. The van der Waals surface area contributed by atoms with E-state index in [-0.39, 0.29) is 17.9 Å². The fourth-order valence-electron chi connectivity index (χ4n) is 1.77. The van der Waals surface area contributed by atoms with Crippen LogP contribution < -0.4 is 4.74 Å². The van der Waals surface area contributed by atoms with E-state index in [1.165, 1.54) is 36.4 Å². The zero-order valence-corrected chi connectivity index (χ0v) is 12.1. The van der Waals surface area contributed by atoms with Gasteiger partial charge in [0.15, 0.2) is 0 Å². The quantitative estimate of drug-likeness (QED) is 0.422. The molecule has 0 amide bonds. The van der Waals surface area contributed by atoms with E-state index in [1.807, 2.05) is 0 Å². The van der Waals surface area contributed by atoms with E-state index in [2.05, 4.69) is 16.1 Å². The van der Waals surface area contributed by atoms with Crippen molar-refractivity contribution in [2.45, 2.75) is 19.4 Å². The van der Waals surface area contributed by atoms with Crippen LogP contribution in [0, 0.1) is 0 Å². The van der Waals surface area contributed by atoms with Crippen molar-refractivity contribution in [3.05, 3.63) is 65.2 Å². The second-order valence-electron chi connectivity index (χ2n) is 4.60. The molecule has 24 heavy (non-hydrogen) atoms. The summed E-state index contributed by atoms with van der Waals surface area (Å²) in [6, 6.07) is 10.6. The maximum absolute atomic E-state index is 12.5. The van der Waals surface area contributed by atoms with Gasteiger partial charge in [0.2, 0.25) is 0 Å². The molecule has 0 bridgehead atoms. The summed E-state index contributed by atoms with van der Waals surface area (Å²) in [5.41, 5.74) is 0.512. The Bertz CT molecular complexity index is 701. The van der Waals surface area contributed by atoms with Crippen LogP contribution in [0.25, 0.3) is 0 Å². The highest BCUT2D eigenvalue weighted by atomic mass is 19.4. The molecule has 127 valence electrons. The molecular formula is C16H11F5NO2. The fraction of sp³-hybridized carbons (Fsp3) is 0.188. The highest BCUT2D eigenvalue weighted by Crippen LogP contribution is 2.23. The molecule has 0 atom stereocenters. The first kappa shape index (κ1) is 17.7. The zero-order valence-electron chi connectivity index (χ0n) is 12.1. The summed E-state index contributed by atoms with van der Waals surface area (Å²) in [4.78, 5) is 4.90. The van der Waals surface area contributed by atoms with Crippen LogP contribution in [0.5, 0.6) is 5.75 Å². The Balaban J connectivity index is 1.92. The summed E-state index contributed by atoms with van der Waals surface area (Å²) < 4.78 is 65.2. The number of hydrogen-bond acceptors (Lipinski definition) is 3. The lowest BCUT2D eigenvalue weighted by molar-refractivity contribution is -0.274. The molecule has 2 aromatic rings. The molecular weight excluding hydrogens is 333 g/mol. The molecule has 2 rings (SSSR count). The summed E-state index contributed by atoms with van der Waals surface area (Å²) in [6.07, 6.45) is -4.96. The Kier molecular flexibility index (Phi) is 5.73. The monoisotopic (exact) mass is 344 g/mol. The molecule has 0 N–H and O–H groups in total. The highest BCUT2D eigenvalue weighted by Gasteiger charge is 2.31. The van der Waals surface area contributed by atoms with Crippen molar-refractivity contribution in [1.29, 1.82) is 0 Å². The first-order valence-corrected chi connectivity index (χ1v) is 6.64. The standard InChI is InChI=1S/C16H11F5NO2/c17-15(18)13-5-1-3-11(7-13)9-22-23-10-12-4-2-6-14(8-12)24-16(19,20)21/h1-8,15H,10H2. The van der Waals surface area contributed by atoms with Gasteiger partial charge in [-0.05, 0) is 23.8 Å². The van der Waals surface area contributed by atoms with E-state index in [9.17, 15) is 22.0 Å². The number of ether oxygens (including phenoxy) is 1. The molecule has 0 spiro atoms. The Morgan fingerprint density at radius 3 is 2.50 bits per heavy atom. The molecule has 0 aliphatic rings. The maximum atomic E-state index is 12.5. The summed E-state index contributed by atoms with van der Waals surface area (Å²) >= 11 is 0. The molecule has 0 saturated carbocycles. The maximum Gasteiger partial charge on any atom is 0.573 e. The Morgan fingerprint density at radius 2 is 1.79 bits per heavy atom. The van der Waals surface area contributed by atoms with Crippen molar-refractivity contribution >= 4 is 6.21 Å². The topological polar surface area (TPSA) is 30.8 Å². The van der Waals surface area contributed by atoms with Crippen molar-refractivity contribution in [3.8, 4) is 5.75 Å². The van der Waals surface area contributed by atoms with Gasteiger partial charge in [0.05, 0.1) is 0 Å². The average Bonchev–Trinajstić information content (AvgIpc) is 2.50. The average molecular weight is 344 g/mol. The van der Waals surface area contributed by atoms with Gasteiger partial charge in [0.25, 0.3) is 6.43 Å². The van der Waals surface area contributed by atoms with Gasteiger partial charge in [-0.25, -0.2) is 8.78 Å². The molecule has 2 aromatic carbocycles. The van der Waals surface area contributed by atoms with Crippen LogP contribution in [0.4, 0.5) is 22.0 Å². The number of alkyl halides is 5. The summed E-state index contributed by atoms with van der Waals surface area (Å²) in [5, 5.41) is 3.48. The molecule has 0 saturated heterocycles. The van der Waals surface area contributed by atoms with Gasteiger partial charge >= 0.3 is 6.36 Å². The van der Waals surface area contributed by atoms with Gasteiger partial charge in [-0.1, -0.05) is 35.5 Å². The molecule has 3 nitrogen and oxygen atoms in total. The molecule has 8 heteroatoms. The Hall–Kier alpha value is -2.64. The molecule has 0 fully saturated rings. The lowest BCUT2D eigenvalue weighted by Gasteiger charge is -2.09. The van der Waals surface area contributed by atoms with Crippen LogP contribution in [0.15, 0.2) is 53.7 Å². The van der Waals surface area contributed by atoms with Crippen LogP contribution in [0.1, 0.15) is 23.1 Å². The molecule has 0 heterocycles. The largest absolute Gasteiger partial charge is 0.573 e. The third kappa shape index (κ3) is 5.86. The van der Waals surface area contributed by atoms with Crippen LogP contribution in [-0.4, -0.2) is 12.6 Å². The van der Waals surface area contributed by atoms with Crippen molar-refractivity contribution in [1.82, 2.24) is 0 Å². The number of halogens is 5. The van der Waals surface area contributed by atoms with E-state index in [0.717, 1.165) is 12.1 Å². The normalized spacial score (nSPS) is 11.9. The predicted molar refractivity (Wildman–Crippen MR) is 75.9 cm³/mol. The molecule has 0 aliphatic heterocycles. The number of rotatable bonds is 6. The summed E-state index contributed by atoms with van der Waals surface area (Å²) in [6.45, 7) is -0.128. The first-order chi connectivity index (χ1) is 11.3. The van der Waals surface area contributed by atoms with Crippen LogP contribution in [0.3, 0.4) is 0 Å². The van der Waals surface area contributed by atoms with E-state index >= 15 is 0 Å². The summed E-state index contributed by atoms with van der Waals surface area (Å²) in [7, 11) is 0. The van der Waals surface area contributed by atoms with Crippen molar-refractivity contribution in [2.75, 3.05) is 0 Å². The third-order valence-electron chi connectivity index (χ3n) is 2.74. The highest BCUT2D eigenvalue weighted by molar-refractivity contribution is 5.79. The number of benzene rings is 2. The van der Waals surface area contributed by atoms with Crippen molar-refractivity contribution < 1.29 is 31.5 Å². The SMILES string of the molecule is FC(F)c1cccc(/[C]=N\OCc2cccc(OC(F)(F)F)c2)c1. The lowest BCUT2D eigenvalue weighted by atomic mass is 10.1. The van der Waals surface area contributed by atoms with E-state index < -0.39 is 12.8 Å². The minimum atomic E-state index is -4.78. The smallest absolute Gasteiger partial charge is 0.406 e. The Morgan fingerprint density at radius 1 is 1.04 bits per heavy atom. The lowest BCUT2D eigenvalue weighted by Crippen LogP contribution is -2.17. The molecule has 0 aromatic heterocycles. The second-order valence-corrected chi connectivity index (χ2v) is 4.60. The first-order valence-electron chi connectivity index (χ1n) is 6.64. The molecule has 0 unspecified atom stereocenters. The predicted octanol–water partition coefficient (Wildman–Crippen LogP) is 4.95. The van der Waals surface area contributed by atoms with Crippen LogP contribution >= 0.6 is 0 Å². The molecule has 0 aliphatic carbocycles. The number of hydrogen-bond donors (Lipinski definition) is 0. The minimum absolute atomic E-state index is 0.128. The van der Waals surface area contributed by atoms with Crippen molar-refractivity contribution in [3.63, 3.8) is 0 Å². The van der Waals surface area contributed by atoms with Gasteiger partial charge in [-0.3, -0.25) is 0 Å². The van der Waals surface area contributed by atoms with Gasteiger partial charge in [-0.2, -0.15) is 0 Å². The van der Waals surface area contributed by atoms with Gasteiger partial charge < -0.3 is 9.57 Å². The fourth-order valence-corrected chi connectivity index (χ4v) is 1.77. The van der Waals surface area contributed by atoms with Crippen LogP contribution in [0.2, 0.25) is 0 Å². The zero-order chi connectivity index (χ0) is 17.6. The van der Waals surface area contributed by atoms with Gasteiger partial charge in [-0.15, -0.1) is 13.2 Å². The second kappa shape index (κ2) is 7.76. The van der Waals surface area contributed by atoms with Crippen molar-refractivity contribution in [2.24, 2.45) is 5.16 Å².